The molecule has 0 spiro atoms. The molecular formula is C21H30N4O2. The van der Waals surface area contributed by atoms with E-state index in [0.717, 1.165) is 38.2 Å². The van der Waals surface area contributed by atoms with E-state index in [1.165, 1.54) is 5.56 Å². The van der Waals surface area contributed by atoms with Gasteiger partial charge in [-0.1, -0.05) is 56.3 Å². The minimum Gasteiger partial charge on any atom is -0.353 e. The van der Waals surface area contributed by atoms with Crippen LogP contribution in [0.5, 0.6) is 0 Å². The molecule has 0 saturated carbocycles. The van der Waals surface area contributed by atoms with Crippen LogP contribution >= 0.6 is 0 Å². The van der Waals surface area contributed by atoms with E-state index in [2.05, 4.69) is 53.3 Å². The Morgan fingerprint density at radius 1 is 1.22 bits per heavy atom. The Morgan fingerprint density at radius 2 is 1.93 bits per heavy atom. The number of aryl methyl sites for hydroxylation is 1. The molecule has 0 aliphatic carbocycles. The molecule has 2 aromatic rings. The number of piperidine rings is 1. The van der Waals surface area contributed by atoms with E-state index >= 15 is 0 Å². The van der Waals surface area contributed by atoms with Crippen molar-refractivity contribution in [3.8, 4) is 0 Å². The van der Waals surface area contributed by atoms with Crippen LogP contribution in [0.25, 0.3) is 0 Å². The number of amides is 1. The zero-order valence-corrected chi connectivity index (χ0v) is 16.6. The van der Waals surface area contributed by atoms with Gasteiger partial charge in [-0.25, -0.2) is 0 Å². The summed E-state index contributed by atoms with van der Waals surface area (Å²) in [7, 11) is 0. The van der Waals surface area contributed by atoms with Gasteiger partial charge in [0.25, 0.3) is 0 Å². The van der Waals surface area contributed by atoms with Crippen LogP contribution in [0.3, 0.4) is 0 Å². The fourth-order valence-corrected chi connectivity index (χ4v) is 3.26. The lowest BCUT2D eigenvalue weighted by Crippen LogP contribution is -2.44. The van der Waals surface area contributed by atoms with E-state index in [1.54, 1.807) is 0 Å². The van der Waals surface area contributed by atoms with Gasteiger partial charge in [0.05, 0.1) is 6.54 Å². The molecule has 1 aromatic heterocycles. The highest BCUT2D eigenvalue weighted by atomic mass is 16.5. The van der Waals surface area contributed by atoms with E-state index in [-0.39, 0.29) is 17.4 Å². The summed E-state index contributed by atoms with van der Waals surface area (Å²) in [6.07, 6.45) is 3.25. The molecule has 0 radical (unpaired) electrons. The van der Waals surface area contributed by atoms with Crippen LogP contribution in [0, 0.1) is 0 Å². The zero-order valence-electron chi connectivity index (χ0n) is 16.6. The molecule has 146 valence electrons. The van der Waals surface area contributed by atoms with Crippen molar-refractivity contribution >= 4 is 5.91 Å². The van der Waals surface area contributed by atoms with Crippen LogP contribution < -0.4 is 5.32 Å². The van der Waals surface area contributed by atoms with E-state index in [0.29, 0.717) is 18.9 Å². The standard InChI is InChI=1S/C21H30N4O2/c1-21(2,3)20-23-18(24-27-20)15-25-13-11-17(12-14-25)22-19(26)10-9-16-7-5-4-6-8-16/h4-8,17H,9-15H2,1-3H3,(H,22,26). The number of benzene rings is 1. The second-order valence-electron chi connectivity index (χ2n) is 8.37. The molecule has 0 atom stereocenters. The molecule has 1 aliphatic rings. The Morgan fingerprint density at radius 3 is 2.56 bits per heavy atom. The topological polar surface area (TPSA) is 71.3 Å². The molecular weight excluding hydrogens is 340 g/mol. The lowest BCUT2D eigenvalue weighted by molar-refractivity contribution is -0.122. The summed E-state index contributed by atoms with van der Waals surface area (Å²) in [5, 5.41) is 7.28. The molecule has 0 unspecified atom stereocenters. The molecule has 1 amide bonds. The van der Waals surface area contributed by atoms with Crippen LogP contribution in [-0.2, 0) is 23.2 Å². The predicted octanol–water partition coefficient (Wildman–Crippen LogP) is 3.08. The Kier molecular flexibility index (Phi) is 6.26. The molecule has 1 aromatic carbocycles. The lowest BCUT2D eigenvalue weighted by atomic mass is 9.97. The largest absolute Gasteiger partial charge is 0.353 e. The van der Waals surface area contributed by atoms with Crippen molar-refractivity contribution in [3.63, 3.8) is 0 Å². The quantitative estimate of drug-likeness (QED) is 0.846. The third-order valence-electron chi connectivity index (χ3n) is 4.91. The minimum absolute atomic E-state index is 0.123. The third-order valence-corrected chi connectivity index (χ3v) is 4.91. The highest BCUT2D eigenvalue weighted by Crippen LogP contribution is 2.20. The second-order valence-corrected chi connectivity index (χ2v) is 8.37. The molecule has 1 N–H and O–H groups in total. The molecule has 1 saturated heterocycles. The first-order valence-corrected chi connectivity index (χ1v) is 9.79. The number of hydrogen-bond donors (Lipinski definition) is 1. The van der Waals surface area contributed by atoms with Crippen molar-refractivity contribution < 1.29 is 9.32 Å². The summed E-state index contributed by atoms with van der Waals surface area (Å²) in [4.78, 5) is 19.0. The number of rotatable bonds is 6. The first-order chi connectivity index (χ1) is 12.9. The zero-order chi connectivity index (χ0) is 19.3. The van der Waals surface area contributed by atoms with Gasteiger partial charge >= 0.3 is 0 Å². The summed E-state index contributed by atoms with van der Waals surface area (Å²) in [5.41, 5.74) is 1.08. The number of nitrogens with zero attached hydrogens (tertiary/aromatic N) is 3. The number of carbonyl (C=O) groups excluding carboxylic acids is 1. The average Bonchev–Trinajstić information content (AvgIpc) is 3.12. The maximum absolute atomic E-state index is 12.2. The summed E-state index contributed by atoms with van der Waals surface area (Å²) in [6.45, 7) is 8.77. The highest BCUT2D eigenvalue weighted by Gasteiger charge is 2.24. The smallest absolute Gasteiger partial charge is 0.232 e. The van der Waals surface area contributed by atoms with Crippen LogP contribution in [0.4, 0.5) is 0 Å². The monoisotopic (exact) mass is 370 g/mol. The van der Waals surface area contributed by atoms with Crippen LogP contribution in [-0.4, -0.2) is 40.1 Å². The first-order valence-electron chi connectivity index (χ1n) is 9.79. The Balaban J connectivity index is 1.38. The molecule has 0 bridgehead atoms. The molecule has 6 nitrogen and oxygen atoms in total. The SMILES string of the molecule is CC(C)(C)c1nc(CN2CCC(NC(=O)CCc3ccccc3)CC2)no1. The van der Waals surface area contributed by atoms with E-state index in [9.17, 15) is 4.79 Å². The van der Waals surface area contributed by atoms with Gasteiger partial charge in [0.15, 0.2) is 5.82 Å². The molecule has 3 rings (SSSR count). The van der Waals surface area contributed by atoms with Crippen molar-refractivity contribution in [1.29, 1.82) is 0 Å². The number of carbonyl (C=O) groups is 1. The van der Waals surface area contributed by atoms with E-state index < -0.39 is 0 Å². The number of aromatic nitrogens is 2. The highest BCUT2D eigenvalue weighted by molar-refractivity contribution is 5.76. The first kappa shape index (κ1) is 19.5. The van der Waals surface area contributed by atoms with Gasteiger partial charge in [0, 0.05) is 31.0 Å². The van der Waals surface area contributed by atoms with Gasteiger partial charge in [-0.05, 0) is 24.8 Å². The maximum atomic E-state index is 12.2. The number of hydrogen-bond acceptors (Lipinski definition) is 5. The van der Waals surface area contributed by atoms with Crippen molar-refractivity contribution in [2.75, 3.05) is 13.1 Å². The molecule has 1 aliphatic heterocycles. The van der Waals surface area contributed by atoms with Gasteiger partial charge in [-0.3, -0.25) is 9.69 Å². The number of likely N-dealkylation sites (tertiary alicyclic amines) is 1. The average molecular weight is 370 g/mol. The van der Waals surface area contributed by atoms with E-state index in [4.69, 9.17) is 4.52 Å². The van der Waals surface area contributed by atoms with Crippen LogP contribution in [0.1, 0.15) is 57.3 Å². The predicted molar refractivity (Wildman–Crippen MR) is 104 cm³/mol. The Labute approximate surface area is 161 Å². The number of nitrogens with one attached hydrogen (secondary N) is 1. The molecule has 27 heavy (non-hydrogen) atoms. The maximum Gasteiger partial charge on any atom is 0.232 e. The summed E-state index contributed by atoms with van der Waals surface area (Å²) in [5.74, 6) is 1.56. The summed E-state index contributed by atoms with van der Waals surface area (Å²) in [6, 6.07) is 10.4. The molecule has 6 heteroatoms. The molecule has 1 fully saturated rings. The lowest BCUT2D eigenvalue weighted by Gasteiger charge is -2.31. The van der Waals surface area contributed by atoms with Gasteiger partial charge in [-0.15, -0.1) is 0 Å². The molecule has 2 heterocycles. The van der Waals surface area contributed by atoms with E-state index in [1.807, 2.05) is 18.2 Å². The van der Waals surface area contributed by atoms with Crippen LogP contribution in [0.15, 0.2) is 34.9 Å². The van der Waals surface area contributed by atoms with Gasteiger partial charge in [0.2, 0.25) is 11.8 Å². The summed E-state index contributed by atoms with van der Waals surface area (Å²) < 4.78 is 5.36. The van der Waals surface area contributed by atoms with Gasteiger partial charge in [-0.2, -0.15) is 4.98 Å². The van der Waals surface area contributed by atoms with Gasteiger partial charge < -0.3 is 9.84 Å². The Bertz CT molecular complexity index is 728. The Hall–Kier alpha value is -2.21. The van der Waals surface area contributed by atoms with Crippen molar-refractivity contribution in [3.05, 3.63) is 47.6 Å². The normalized spacial score (nSPS) is 16.4. The second kappa shape index (κ2) is 8.65. The van der Waals surface area contributed by atoms with Crippen molar-refractivity contribution in [1.82, 2.24) is 20.4 Å². The van der Waals surface area contributed by atoms with Crippen molar-refractivity contribution in [2.45, 2.75) is 64.5 Å². The fraction of sp³-hybridized carbons (Fsp3) is 0.571. The summed E-state index contributed by atoms with van der Waals surface area (Å²) >= 11 is 0. The van der Waals surface area contributed by atoms with Crippen molar-refractivity contribution in [2.24, 2.45) is 0 Å². The fourth-order valence-electron chi connectivity index (χ4n) is 3.26. The van der Waals surface area contributed by atoms with Gasteiger partial charge in [0.1, 0.15) is 0 Å². The van der Waals surface area contributed by atoms with Crippen LogP contribution in [0.2, 0.25) is 0 Å². The third kappa shape index (κ3) is 5.89. The minimum atomic E-state index is -0.123.